The van der Waals surface area contributed by atoms with Gasteiger partial charge in [0.1, 0.15) is 0 Å². The van der Waals surface area contributed by atoms with Crippen molar-refractivity contribution >= 4 is 12.0 Å². The smallest absolute Gasteiger partial charge is 0.312 e. The summed E-state index contributed by atoms with van der Waals surface area (Å²) >= 11 is 0. The Morgan fingerprint density at radius 1 is 1.33 bits per heavy atom. The molecule has 0 heterocycles. The highest BCUT2D eigenvalue weighted by Crippen LogP contribution is 2.15. The Labute approximate surface area is 86.9 Å². The van der Waals surface area contributed by atoms with Crippen LogP contribution in [-0.4, -0.2) is 17.1 Å². The predicted molar refractivity (Wildman–Crippen MR) is 54.2 cm³/mol. The largest absolute Gasteiger partial charge is 0.481 e. The summed E-state index contributed by atoms with van der Waals surface area (Å²) in [4.78, 5) is 21.3. The van der Waals surface area contributed by atoms with Crippen LogP contribution in [-0.2, 0) is 4.79 Å². The van der Waals surface area contributed by atoms with Gasteiger partial charge in [-0.05, 0) is 5.56 Å². The highest BCUT2D eigenvalue weighted by Gasteiger charge is 2.16. The minimum atomic E-state index is -0.988. The van der Waals surface area contributed by atoms with Crippen LogP contribution in [0.15, 0.2) is 30.3 Å². The van der Waals surface area contributed by atoms with Gasteiger partial charge in [-0.1, -0.05) is 30.3 Å². The van der Waals surface area contributed by atoms with E-state index in [1.165, 1.54) is 0 Å². The fourth-order valence-corrected chi connectivity index (χ4v) is 1.28. The molecule has 80 valence electrons. The van der Waals surface area contributed by atoms with Crippen molar-refractivity contribution in [1.29, 1.82) is 0 Å². The molecule has 1 aromatic rings. The van der Waals surface area contributed by atoms with Crippen LogP contribution in [0.4, 0.5) is 4.79 Å². The molecule has 15 heavy (non-hydrogen) atoms. The zero-order valence-corrected chi connectivity index (χ0v) is 8.01. The number of carboxylic acids is 1. The average Bonchev–Trinajstić information content (AvgIpc) is 2.17. The number of rotatable bonds is 4. The summed E-state index contributed by atoms with van der Waals surface area (Å²) in [6.07, 6.45) is -0.188. The summed E-state index contributed by atoms with van der Waals surface area (Å²) in [6, 6.07) is 7.52. The quantitative estimate of drug-likeness (QED) is 0.685. The van der Waals surface area contributed by atoms with Crippen LogP contribution < -0.4 is 11.1 Å². The fraction of sp³-hybridized carbons (Fsp3) is 0.200. The van der Waals surface area contributed by atoms with E-state index in [-0.39, 0.29) is 6.42 Å². The van der Waals surface area contributed by atoms with Crippen molar-refractivity contribution in [3.63, 3.8) is 0 Å². The highest BCUT2D eigenvalue weighted by molar-refractivity contribution is 5.74. The van der Waals surface area contributed by atoms with Crippen LogP contribution in [0.5, 0.6) is 0 Å². The molecule has 0 aliphatic rings. The first kappa shape index (κ1) is 11.0. The van der Waals surface area contributed by atoms with Gasteiger partial charge in [0, 0.05) is 0 Å². The molecular weight excluding hydrogens is 196 g/mol. The third-order valence-corrected chi connectivity index (χ3v) is 1.90. The van der Waals surface area contributed by atoms with Crippen molar-refractivity contribution in [2.24, 2.45) is 5.73 Å². The zero-order chi connectivity index (χ0) is 11.3. The number of benzene rings is 1. The molecule has 5 nitrogen and oxygen atoms in total. The van der Waals surface area contributed by atoms with Crippen LogP contribution in [0, 0.1) is 0 Å². The molecule has 0 fully saturated rings. The lowest BCUT2D eigenvalue weighted by Gasteiger charge is -2.15. The van der Waals surface area contributed by atoms with E-state index in [0.717, 1.165) is 5.56 Å². The molecular formula is C10H12N2O3. The van der Waals surface area contributed by atoms with E-state index in [1.54, 1.807) is 24.3 Å². The number of nitrogens with one attached hydrogen (secondary N) is 1. The van der Waals surface area contributed by atoms with Crippen molar-refractivity contribution in [2.75, 3.05) is 0 Å². The molecule has 4 N–H and O–H groups in total. The number of hydrogen-bond acceptors (Lipinski definition) is 2. The SMILES string of the molecule is NC(=O)N[C@H](CC(=O)O)c1ccccc1. The maximum Gasteiger partial charge on any atom is 0.312 e. The highest BCUT2D eigenvalue weighted by atomic mass is 16.4. The summed E-state index contributed by atoms with van der Waals surface area (Å²) in [5.74, 6) is -0.988. The lowest BCUT2D eigenvalue weighted by Crippen LogP contribution is -2.34. The summed E-state index contributed by atoms with van der Waals surface area (Å²) in [7, 11) is 0. The molecule has 1 atom stereocenters. The number of carbonyl (C=O) groups is 2. The summed E-state index contributed by atoms with van der Waals surface area (Å²) in [5, 5.41) is 11.1. The number of hydrogen-bond donors (Lipinski definition) is 3. The van der Waals surface area contributed by atoms with Gasteiger partial charge in [0.25, 0.3) is 0 Å². The van der Waals surface area contributed by atoms with E-state index in [1.807, 2.05) is 6.07 Å². The Morgan fingerprint density at radius 3 is 2.40 bits per heavy atom. The predicted octanol–water partition coefficient (Wildman–Crippen LogP) is 0.871. The summed E-state index contributed by atoms with van der Waals surface area (Å²) < 4.78 is 0. The van der Waals surface area contributed by atoms with Gasteiger partial charge in [-0.3, -0.25) is 4.79 Å². The van der Waals surface area contributed by atoms with E-state index in [4.69, 9.17) is 10.8 Å². The summed E-state index contributed by atoms with van der Waals surface area (Å²) in [5.41, 5.74) is 5.68. The van der Waals surface area contributed by atoms with Crippen LogP contribution in [0.1, 0.15) is 18.0 Å². The van der Waals surface area contributed by atoms with E-state index in [0.29, 0.717) is 0 Å². The number of nitrogens with two attached hydrogens (primary N) is 1. The van der Waals surface area contributed by atoms with Crippen LogP contribution >= 0.6 is 0 Å². The van der Waals surface area contributed by atoms with Gasteiger partial charge in [-0.25, -0.2) is 4.79 Å². The minimum Gasteiger partial charge on any atom is -0.481 e. The summed E-state index contributed by atoms with van der Waals surface area (Å²) in [6.45, 7) is 0. The third kappa shape index (κ3) is 3.68. The van der Waals surface area contributed by atoms with Crippen LogP contribution in [0.3, 0.4) is 0 Å². The second-order valence-electron chi connectivity index (χ2n) is 3.07. The van der Waals surface area contributed by atoms with Gasteiger partial charge in [0.05, 0.1) is 12.5 Å². The van der Waals surface area contributed by atoms with Gasteiger partial charge in [0.15, 0.2) is 0 Å². The zero-order valence-electron chi connectivity index (χ0n) is 8.01. The second kappa shape index (κ2) is 4.99. The van der Waals surface area contributed by atoms with Gasteiger partial charge >= 0.3 is 12.0 Å². The van der Waals surface area contributed by atoms with Crippen molar-refractivity contribution < 1.29 is 14.7 Å². The first-order valence-electron chi connectivity index (χ1n) is 4.42. The Balaban J connectivity index is 2.81. The van der Waals surface area contributed by atoms with E-state index in [9.17, 15) is 9.59 Å². The first-order chi connectivity index (χ1) is 7.09. The number of aliphatic carboxylic acids is 1. The molecule has 0 aliphatic heterocycles. The Bertz CT molecular complexity index is 335. The number of amides is 2. The first-order valence-corrected chi connectivity index (χ1v) is 4.42. The number of urea groups is 1. The molecule has 0 aliphatic carbocycles. The Hall–Kier alpha value is -2.04. The molecule has 0 unspecified atom stereocenters. The number of carbonyl (C=O) groups excluding carboxylic acids is 1. The van der Waals surface area contributed by atoms with Crippen molar-refractivity contribution in [1.82, 2.24) is 5.32 Å². The van der Waals surface area contributed by atoms with Gasteiger partial charge < -0.3 is 16.2 Å². The van der Waals surface area contributed by atoms with Gasteiger partial charge in [-0.15, -0.1) is 0 Å². The Kier molecular flexibility index (Phi) is 3.68. The van der Waals surface area contributed by atoms with Crippen molar-refractivity contribution in [2.45, 2.75) is 12.5 Å². The number of carboxylic acid groups (broad SMARTS) is 1. The standard InChI is InChI=1S/C10H12N2O3/c11-10(15)12-8(6-9(13)14)7-4-2-1-3-5-7/h1-5,8H,6H2,(H,13,14)(H3,11,12,15)/t8-/m1/s1. The molecule has 1 rings (SSSR count). The van der Waals surface area contributed by atoms with Gasteiger partial charge in [-0.2, -0.15) is 0 Å². The Morgan fingerprint density at radius 2 is 1.93 bits per heavy atom. The normalized spacial score (nSPS) is 11.7. The number of primary amides is 1. The van der Waals surface area contributed by atoms with E-state index < -0.39 is 18.0 Å². The molecule has 5 heteroatoms. The molecule has 0 spiro atoms. The van der Waals surface area contributed by atoms with Crippen LogP contribution in [0.2, 0.25) is 0 Å². The van der Waals surface area contributed by atoms with Crippen molar-refractivity contribution in [3.8, 4) is 0 Å². The third-order valence-electron chi connectivity index (χ3n) is 1.90. The van der Waals surface area contributed by atoms with E-state index >= 15 is 0 Å². The molecule has 2 amide bonds. The second-order valence-corrected chi connectivity index (χ2v) is 3.07. The van der Waals surface area contributed by atoms with Gasteiger partial charge in [0.2, 0.25) is 0 Å². The lowest BCUT2D eigenvalue weighted by molar-refractivity contribution is -0.137. The molecule has 1 aromatic carbocycles. The monoisotopic (exact) mass is 208 g/mol. The maximum absolute atomic E-state index is 10.7. The fourth-order valence-electron chi connectivity index (χ4n) is 1.28. The molecule has 0 radical (unpaired) electrons. The molecule has 0 bridgehead atoms. The van der Waals surface area contributed by atoms with Crippen molar-refractivity contribution in [3.05, 3.63) is 35.9 Å². The topological polar surface area (TPSA) is 92.4 Å². The minimum absolute atomic E-state index is 0.188. The maximum atomic E-state index is 10.7. The van der Waals surface area contributed by atoms with Crippen LogP contribution in [0.25, 0.3) is 0 Å². The van der Waals surface area contributed by atoms with E-state index in [2.05, 4.69) is 5.32 Å². The molecule has 0 saturated carbocycles. The lowest BCUT2D eigenvalue weighted by atomic mass is 10.0. The average molecular weight is 208 g/mol. The molecule has 0 saturated heterocycles. The molecule has 0 aromatic heterocycles.